The monoisotopic (exact) mass is 264 g/mol. The SMILES string of the molecule is COCCN1CCCN(C(=O)c2cncnc2)CC1. The van der Waals surface area contributed by atoms with Gasteiger partial charge in [0.1, 0.15) is 6.33 Å². The number of carbonyl (C=O) groups is 1. The smallest absolute Gasteiger partial charge is 0.257 e. The number of hydrogen-bond acceptors (Lipinski definition) is 5. The third kappa shape index (κ3) is 3.97. The van der Waals surface area contributed by atoms with E-state index in [0.717, 1.165) is 45.8 Å². The minimum atomic E-state index is 0.0224. The molecule has 1 aliphatic heterocycles. The number of carbonyl (C=O) groups excluding carboxylic acids is 1. The third-order valence-electron chi connectivity index (χ3n) is 3.29. The fourth-order valence-electron chi connectivity index (χ4n) is 2.21. The first kappa shape index (κ1) is 13.9. The van der Waals surface area contributed by atoms with Crippen molar-refractivity contribution in [1.29, 1.82) is 0 Å². The zero-order chi connectivity index (χ0) is 13.5. The molecule has 0 spiro atoms. The molecule has 1 amide bonds. The Balaban J connectivity index is 1.90. The van der Waals surface area contributed by atoms with E-state index in [2.05, 4.69) is 14.9 Å². The minimum absolute atomic E-state index is 0.0224. The van der Waals surface area contributed by atoms with Crippen LogP contribution in [-0.4, -0.2) is 72.1 Å². The second kappa shape index (κ2) is 7.16. The molecule has 1 aromatic heterocycles. The Morgan fingerprint density at radius 1 is 1.26 bits per heavy atom. The summed E-state index contributed by atoms with van der Waals surface area (Å²) in [6.45, 7) is 5.10. The van der Waals surface area contributed by atoms with Crippen LogP contribution in [0.1, 0.15) is 16.8 Å². The molecule has 0 atom stereocenters. The second-order valence-electron chi connectivity index (χ2n) is 4.61. The summed E-state index contributed by atoms with van der Waals surface area (Å²) in [6.07, 6.45) is 5.57. The van der Waals surface area contributed by atoms with Crippen LogP contribution in [0.5, 0.6) is 0 Å². The molecule has 6 heteroatoms. The molecule has 1 saturated heterocycles. The van der Waals surface area contributed by atoms with E-state index < -0.39 is 0 Å². The van der Waals surface area contributed by atoms with Crippen LogP contribution in [0.4, 0.5) is 0 Å². The lowest BCUT2D eigenvalue weighted by Gasteiger charge is -2.21. The molecule has 0 radical (unpaired) electrons. The van der Waals surface area contributed by atoms with E-state index in [0.29, 0.717) is 5.56 Å². The van der Waals surface area contributed by atoms with Crippen LogP contribution >= 0.6 is 0 Å². The zero-order valence-electron chi connectivity index (χ0n) is 11.3. The van der Waals surface area contributed by atoms with Crippen LogP contribution in [0.15, 0.2) is 18.7 Å². The van der Waals surface area contributed by atoms with Gasteiger partial charge in [0.2, 0.25) is 0 Å². The Kier molecular flexibility index (Phi) is 5.23. The summed E-state index contributed by atoms with van der Waals surface area (Å²) in [5.74, 6) is 0.0224. The van der Waals surface area contributed by atoms with E-state index in [4.69, 9.17) is 4.74 Å². The molecule has 19 heavy (non-hydrogen) atoms. The van der Waals surface area contributed by atoms with E-state index in [-0.39, 0.29) is 5.91 Å². The molecule has 0 aliphatic carbocycles. The lowest BCUT2D eigenvalue weighted by molar-refractivity contribution is 0.0758. The molecular formula is C13H20N4O2. The van der Waals surface area contributed by atoms with Gasteiger partial charge in [-0.1, -0.05) is 0 Å². The predicted molar refractivity (Wildman–Crippen MR) is 70.9 cm³/mol. The standard InChI is InChI=1S/C13H20N4O2/c1-19-8-7-16-3-2-4-17(6-5-16)13(18)12-9-14-11-15-10-12/h9-11H,2-8H2,1H3. The van der Waals surface area contributed by atoms with E-state index in [1.807, 2.05) is 4.90 Å². The quantitative estimate of drug-likeness (QED) is 0.781. The van der Waals surface area contributed by atoms with Gasteiger partial charge in [-0.05, 0) is 13.0 Å². The number of amides is 1. The Hall–Kier alpha value is -1.53. The van der Waals surface area contributed by atoms with Crippen molar-refractivity contribution >= 4 is 5.91 Å². The van der Waals surface area contributed by atoms with Crippen LogP contribution in [-0.2, 0) is 4.74 Å². The second-order valence-corrected chi connectivity index (χ2v) is 4.61. The number of methoxy groups -OCH3 is 1. The fourth-order valence-corrected chi connectivity index (χ4v) is 2.21. The van der Waals surface area contributed by atoms with Crippen LogP contribution in [0, 0.1) is 0 Å². The molecule has 0 saturated carbocycles. The number of nitrogens with zero attached hydrogens (tertiary/aromatic N) is 4. The molecule has 1 aromatic rings. The molecule has 0 unspecified atom stereocenters. The van der Waals surface area contributed by atoms with Gasteiger partial charge in [-0.15, -0.1) is 0 Å². The Labute approximate surface area is 113 Å². The molecular weight excluding hydrogens is 244 g/mol. The zero-order valence-corrected chi connectivity index (χ0v) is 11.3. The van der Waals surface area contributed by atoms with Crippen molar-refractivity contribution in [1.82, 2.24) is 19.8 Å². The number of aromatic nitrogens is 2. The van der Waals surface area contributed by atoms with Gasteiger partial charge in [-0.3, -0.25) is 9.69 Å². The average Bonchev–Trinajstić information content (AvgIpc) is 2.71. The highest BCUT2D eigenvalue weighted by molar-refractivity contribution is 5.93. The van der Waals surface area contributed by atoms with Crippen LogP contribution in [0.25, 0.3) is 0 Å². The molecule has 6 nitrogen and oxygen atoms in total. The van der Waals surface area contributed by atoms with Crippen molar-refractivity contribution in [2.45, 2.75) is 6.42 Å². The maximum atomic E-state index is 12.3. The maximum absolute atomic E-state index is 12.3. The number of hydrogen-bond donors (Lipinski definition) is 0. The van der Waals surface area contributed by atoms with E-state index in [1.165, 1.54) is 6.33 Å². The summed E-state index contributed by atoms with van der Waals surface area (Å²) in [6, 6.07) is 0. The first-order chi connectivity index (χ1) is 9.31. The summed E-state index contributed by atoms with van der Waals surface area (Å²) in [7, 11) is 1.71. The molecule has 0 N–H and O–H groups in total. The van der Waals surface area contributed by atoms with Crippen molar-refractivity contribution in [3.8, 4) is 0 Å². The van der Waals surface area contributed by atoms with Crippen molar-refractivity contribution in [2.75, 3.05) is 46.4 Å². The first-order valence-corrected chi connectivity index (χ1v) is 6.57. The molecule has 2 rings (SSSR count). The van der Waals surface area contributed by atoms with Crippen LogP contribution in [0.3, 0.4) is 0 Å². The van der Waals surface area contributed by atoms with Crippen molar-refractivity contribution < 1.29 is 9.53 Å². The van der Waals surface area contributed by atoms with Gasteiger partial charge in [0.05, 0.1) is 12.2 Å². The van der Waals surface area contributed by atoms with Gasteiger partial charge in [-0.25, -0.2) is 9.97 Å². The molecule has 0 bridgehead atoms. The fraction of sp³-hybridized carbons (Fsp3) is 0.615. The number of ether oxygens (including phenoxy) is 1. The first-order valence-electron chi connectivity index (χ1n) is 6.57. The van der Waals surface area contributed by atoms with E-state index in [9.17, 15) is 4.79 Å². The molecule has 104 valence electrons. The minimum Gasteiger partial charge on any atom is -0.383 e. The number of rotatable bonds is 4. The van der Waals surface area contributed by atoms with Crippen molar-refractivity contribution in [3.05, 3.63) is 24.3 Å². The third-order valence-corrected chi connectivity index (χ3v) is 3.29. The highest BCUT2D eigenvalue weighted by Crippen LogP contribution is 2.07. The predicted octanol–water partition coefficient (Wildman–Crippen LogP) is 0.271. The lowest BCUT2D eigenvalue weighted by atomic mass is 10.3. The summed E-state index contributed by atoms with van der Waals surface area (Å²) in [5, 5.41) is 0. The van der Waals surface area contributed by atoms with Gasteiger partial charge in [-0.2, -0.15) is 0 Å². The maximum Gasteiger partial charge on any atom is 0.257 e. The van der Waals surface area contributed by atoms with E-state index in [1.54, 1.807) is 19.5 Å². The summed E-state index contributed by atoms with van der Waals surface area (Å²) >= 11 is 0. The molecule has 1 fully saturated rings. The molecule has 2 heterocycles. The van der Waals surface area contributed by atoms with Gasteiger partial charge in [0.25, 0.3) is 5.91 Å². The van der Waals surface area contributed by atoms with Gasteiger partial charge in [0, 0.05) is 45.7 Å². The highest BCUT2D eigenvalue weighted by atomic mass is 16.5. The van der Waals surface area contributed by atoms with Crippen molar-refractivity contribution in [3.63, 3.8) is 0 Å². The topological polar surface area (TPSA) is 58.6 Å². The van der Waals surface area contributed by atoms with Crippen LogP contribution in [0.2, 0.25) is 0 Å². The van der Waals surface area contributed by atoms with Crippen molar-refractivity contribution in [2.24, 2.45) is 0 Å². The highest BCUT2D eigenvalue weighted by Gasteiger charge is 2.20. The Morgan fingerprint density at radius 3 is 2.79 bits per heavy atom. The van der Waals surface area contributed by atoms with E-state index >= 15 is 0 Å². The van der Waals surface area contributed by atoms with Gasteiger partial charge in [0.15, 0.2) is 0 Å². The normalized spacial score (nSPS) is 17.2. The average molecular weight is 264 g/mol. The summed E-state index contributed by atoms with van der Waals surface area (Å²) in [4.78, 5) is 24.3. The van der Waals surface area contributed by atoms with Gasteiger partial charge < -0.3 is 9.64 Å². The van der Waals surface area contributed by atoms with Gasteiger partial charge >= 0.3 is 0 Å². The lowest BCUT2D eigenvalue weighted by Crippen LogP contribution is -2.36. The summed E-state index contributed by atoms with van der Waals surface area (Å²) < 4.78 is 5.09. The Morgan fingerprint density at radius 2 is 2.05 bits per heavy atom. The molecule has 0 aromatic carbocycles. The molecule has 1 aliphatic rings. The van der Waals surface area contributed by atoms with Crippen LogP contribution < -0.4 is 0 Å². The Bertz CT molecular complexity index is 399. The summed E-state index contributed by atoms with van der Waals surface area (Å²) in [5.41, 5.74) is 0.563. The largest absolute Gasteiger partial charge is 0.383 e.